The number of hydrogen-bond donors (Lipinski definition) is 3. The molecule has 2 aliphatic rings. The first kappa shape index (κ1) is 16.4. The summed E-state index contributed by atoms with van der Waals surface area (Å²) in [6.07, 6.45) is -0.158. The van der Waals surface area contributed by atoms with Crippen LogP contribution in [0.5, 0.6) is 0 Å². The highest BCUT2D eigenvalue weighted by Gasteiger charge is 2.48. The number of likely N-dealkylation sites (tertiary alicyclic amines) is 1. The normalized spacial score (nSPS) is 27.2. The molecule has 2 atom stereocenters. The highest BCUT2D eigenvalue weighted by Crippen LogP contribution is 2.35. The van der Waals surface area contributed by atoms with Gasteiger partial charge in [-0.3, -0.25) is 4.79 Å². The minimum absolute atomic E-state index is 0.0434. The van der Waals surface area contributed by atoms with Crippen LogP contribution >= 0.6 is 0 Å². The Bertz CT molecular complexity index is 551. The quantitative estimate of drug-likeness (QED) is 0.729. The number of aliphatic hydroxyl groups is 3. The van der Waals surface area contributed by atoms with E-state index in [1.54, 1.807) is 29.2 Å². The highest BCUT2D eigenvalue weighted by molar-refractivity contribution is 5.94. The second kappa shape index (κ2) is 6.57. The van der Waals surface area contributed by atoms with E-state index in [9.17, 15) is 15.0 Å². The van der Waals surface area contributed by atoms with E-state index in [0.717, 1.165) is 5.56 Å². The van der Waals surface area contributed by atoms with E-state index in [0.29, 0.717) is 44.5 Å². The van der Waals surface area contributed by atoms with Gasteiger partial charge in [0.1, 0.15) is 6.10 Å². The Morgan fingerprint density at radius 2 is 1.87 bits per heavy atom. The third kappa shape index (κ3) is 3.12. The Hall–Kier alpha value is -1.47. The van der Waals surface area contributed by atoms with Gasteiger partial charge in [-0.05, 0) is 37.0 Å². The van der Waals surface area contributed by atoms with Gasteiger partial charge in [0.25, 0.3) is 5.91 Å². The van der Waals surface area contributed by atoms with E-state index in [-0.39, 0.29) is 12.5 Å². The molecule has 6 heteroatoms. The number of carbonyl (C=O) groups excluding carboxylic acids is 1. The Labute approximate surface area is 135 Å². The molecule has 1 amide bonds. The SMILES string of the molecule is O=C(c1ccc(CO)cc1)N1CCC2(CC1)OCC[C@H](O)[C@@H]2O. The lowest BCUT2D eigenvalue weighted by molar-refractivity contribution is -0.212. The molecule has 6 nitrogen and oxygen atoms in total. The maximum atomic E-state index is 12.5. The maximum absolute atomic E-state index is 12.5. The molecule has 0 aliphatic carbocycles. The van der Waals surface area contributed by atoms with Crippen molar-refractivity contribution in [3.05, 3.63) is 35.4 Å². The Kier molecular flexibility index (Phi) is 4.68. The summed E-state index contributed by atoms with van der Waals surface area (Å²) in [5.41, 5.74) is 0.630. The molecule has 126 valence electrons. The average Bonchev–Trinajstić information content (AvgIpc) is 2.60. The lowest BCUT2D eigenvalue weighted by Gasteiger charge is -2.48. The third-order valence-corrected chi connectivity index (χ3v) is 4.99. The van der Waals surface area contributed by atoms with E-state index in [1.165, 1.54) is 0 Å². The smallest absolute Gasteiger partial charge is 0.253 e. The van der Waals surface area contributed by atoms with Crippen molar-refractivity contribution in [1.82, 2.24) is 4.90 Å². The fraction of sp³-hybridized carbons (Fsp3) is 0.588. The molecule has 2 saturated heterocycles. The molecule has 0 radical (unpaired) electrons. The summed E-state index contributed by atoms with van der Waals surface area (Å²) in [6.45, 7) is 1.38. The average molecular weight is 321 g/mol. The first-order valence-corrected chi connectivity index (χ1v) is 8.05. The van der Waals surface area contributed by atoms with Crippen LogP contribution in [0.15, 0.2) is 24.3 Å². The summed E-state index contributed by atoms with van der Waals surface area (Å²) < 4.78 is 5.78. The first-order chi connectivity index (χ1) is 11.1. The molecule has 23 heavy (non-hydrogen) atoms. The lowest BCUT2D eigenvalue weighted by atomic mass is 9.80. The van der Waals surface area contributed by atoms with Crippen LogP contribution in [0.3, 0.4) is 0 Å². The number of carbonyl (C=O) groups is 1. The van der Waals surface area contributed by atoms with Crippen LogP contribution < -0.4 is 0 Å². The number of benzene rings is 1. The molecule has 0 saturated carbocycles. The lowest BCUT2D eigenvalue weighted by Crippen LogP contribution is -2.60. The predicted molar refractivity (Wildman–Crippen MR) is 82.8 cm³/mol. The van der Waals surface area contributed by atoms with Gasteiger partial charge in [0.2, 0.25) is 0 Å². The number of piperidine rings is 1. The van der Waals surface area contributed by atoms with E-state index in [4.69, 9.17) is 9.84 Å². The molecule has 3 rings (SSSR count). The Morgan fingerprint density at radius 1 is 1.22 bits per heavy atom. The summed E-state index contributed by atoms with van der Waals surface area (Å²) >= 11 is 0. The van der Waals surface area contributed by atoms with Gasteiger partial charge in [0, 0.05) is 18.7 Å². The van der Waals surface area contributed by atoms with Crippen molar-refractivity contribution in [2.45, 2.75) is 43.7 Å². The fourth-order valence-electron chi connectivity index (χ4n) is 3.44. The van der Waals surface area contributed by atoms with Crippen LogP contribution in [0, 0.1) is 0 Å². The van der Waals surface area contributed by atoms with E-state index in [1.807, 2.05) is 0 Å². The second-order valence-electron chi connectivity index (χ2n) is 6.36. The van der Waals surface area contributed by atoms with Crippen LogP contribution in [0.4, 0.5) is 0 Å². The van der Waals surface area contributed by atoms with Crippen molar-refractivity contribution in [1.29, 1.82) is 0 Å². The molecule has 0 bridgehead atoms. The minimum atomic E-state index is -0.891. The number of nitrogens with zero attached hydrogens (tertiary/aromatic N) is 1. The monoisotopic (exact) mass is 321 g/mol. The van der Waals surface area contributed by atoms with Crippen molar-refractivity contribution in [3.63, 3.8) is 0 Å². The summed E-state index contributed by atoms with van der Waals surface area (Å²) in [6, 6.07) is 6.91. The van der Waals surface area contributed by atoms with Crippen LogP contribution in [0.2, 0.25) is 0 Å². The number of ether oxygens (including phenoxy) is 1. The van der Waals surface area contributed by atoms with Gasteiger partial charge in [0.05, 0.1) is 24.9 Å². The standard InChI is InChI=1S/C17H23NO5/c19-11-12-1-3-13(4-2-12)16(22)18-8-6-17(7-9-18)15(21)14(20)5-10-23-17/h1-4,14-15,19-21H,5-11H2/t14-,15-/m0/s1. The number of hydrogen-bond acceptors (Lipinski definition) is 5. The zero-order chi connectivity index (χ0) is 16.4. The zero-order valence-corrected chi connectivity index (χ0v) is 13.0. The molecule has 2 aliphatic heterocycles. The van der Waals surface area contributed by atoms with Gasteiger partial charge in [-0.25, -0.2) is 0 Å². The molecule has 1 aromatic rings. The number of amides is 1. The summed E-state index contributed by atoms with van der Waals surface area (Å²) in [4.78, 5) is 14.3. The summed E-state index contributed by atoms with van der Waals surface area (Å²) in [7, 11) is 0. The topological polar surface area (TPSA) is 90.2 Å². The largest absolute Gasteiger partial charge is 0.392 e. The van der Waals surface area contributed by atoms with Crippen molar-refractivity contribution in [2.24, 2.45) is 0 Å². The van der Waals surface area contributed by atoms with Crippen molar-refractivity contribution in [3.8, 4) is 0 Å². The van der Waals surface area contributed by atoms with Crippen molar-refractivity contribution in [2.75, 3.05) is 19.7 Å². The van der Waals surface area contributed by atoms with Crippen molar-refractivity contribution < 1.29 is 24.9 Å². The molecule has 2 heterocycles. The van der Waals surface area contributed by atoms with Crippen LogP contribution in [0.25, 0.3) is 0 Å². The second-order valence-corrected chi connectivity index (χ2v) is 6.36. The molecular weight excluding hydrogens is 298 g/mol. The van der Waals surface area contributed by atoms with E-state index < -0.39 is 17.8 Å². The molecule has 0 unspecified atom stereocenters. The molecule has 2 fully saturated rings. The van der Waals surface area contributed by atoms with Gasteiger partial charge >= 0.3 is 0 Å². The third-order valence-electron chi connectivity index (χ3n) is 4.99. The minimum Gasteiger partial charge on any atom is -0.392 e. The predicted octanol–water partition coefficient (Wildman–Crippen LogP) is 0.296. The molecule has 0 aromatic heterocycles. The summed E-state index contributed by atoms with van der Waals surface area (Å²) in [5, 5.41) is 29.2. The number of aliphatic hydroxyl groups excluding tert-OH is 3. The molecular formula is C17H23NO5. The van der Waals surface area contributed by atoms with Gasteiger partial charge in [-0.1, -0.05) is 12.1 Å². The van der Waals surface area contributed by atoms with Crippen LogP contribution in [-0.4, -0.2) is 63.6 Å². The Morgan fingerprint density at radius 3 is 2.48 bits per heavy atom. The van der Waals surface area contributed by atoms with Crippen LogP contribution in [0.1, 0.15) is 35.2 Å². The first-order valence-electron chi connectivity index (χ1n) is 8.05. The number of rotatable bonds is 2. The van der Waals surface area contributed by atoms with E-state index in [2.05, 4.69) is 0 Å². The van der Waals surface area contributed by atoms with Crippen LogP contribution in [-0.2, 0) is 11.3 Å². The Balaban J connectivity index is 1.65. The summed E-state index contributed by atoms with van der Waals surface area (Å²) in [5.74, 6) is -0.0600. The van der Waals surface area contributed by atoms with Crippen molar-refractivity contribution >= 4 is 5.91 Å². The van der Waals surface area contributed by atoms with E-state index >= 15 is 0 Å². The molecule has 1 aromatic carbocycles. The van der Waals surface area contributed by atoms with Gasteiger partial charge in [-0.15, -0.1) is 0 Å². The van der Waals surface area contributed by atoms with Gasteiger partial charge in [0.15, 0.2) is 0 Å². The fourth-order valence-corrected chi connectivity index (χ4v) is 3.44. The van der Waals surface area contributed by atoms with Gasteiger partial charge < -0.3 is 25.0 Å². The van der Waals surface area contributed by atoms with Gasteiger partial charge in [-0.2, -0.15) is 0 Å². The molecule has 1 spiro atoms. The molecule has 3 N–H and O–H groups in total. The highest BCUT2D eigenvalue weighted by atomic mass is 16.5. The zero-order valence-electron chi connectivity index (χ0n) is 13.0. The maximum Gasteiger partial charge on any atom is 0.253 e.